The van der Waals surface area contributed by atoms with Crippen LogP contribution in [0.5, 0.6) is 0 Å². The molecule has 1 N–H and O–H groups in total. The van der Waals surface area contributed by atoms with E-state index in [4.69, 9.17) is 0 Å². The Balaban J connectivity index is 2.20. The van der Waals surface area contributed by atoms with Crippen molar-refractivity contribution in [1.82, 2.24) is 14.7 Å². The van der Waals surface area contributed by atoms with Crippen molar-refractivity contribution >= 4 is 21.4 Å². The molecule has 8 heteroatoms. The lowest BCUT2D eigenvalue weighted by Crippen LogP contribution is -2.29. The Hall–Kier alpha value is -1.96. The molecule has 2 rings (SSSR count). The quantitative estimate of drug-likeness (QED) is 0.894. The highest BCUT2D eigenvalue weighted by molar-refractivity contribution is 7.90. The summed E-state index contributed by atoms with van der Waals surface area (Å²) in [6.45, 7) is 1.72. The third-order valence-corrected chi connectivity index (χ3v) is 3.63. The second-order valence-electron chi connectivity index (χ2n) is 4.57. The monoisotopic (exact) mass is 299 g/mol. The van der Waals surface area contributed by atoms with E-state index in [9.17, 15) is 17.6 Å². The van der Waals surface area contributed by atoms with E-state index in [1.54, 1.807) is 19.1 Å². The number of nitrogens with one attached hydrogen (secondary N) is 1. The summed E-state index contributed by atoms with van der Waals surface area (Å²) >= 11 is 0. The first-order valence-electron chi connectivity index (χ1n) is 5.88. The topological polar surface area (TPSA) is 80.5 Å². The van der Waals surface area contributed by atoms with E-state index in [1.807, 2.05) is 0 Å². The van der Waals surface area contributed by atoms with E-state index in [1.165, 1.54) is 10.6 Å². The zero-order chi connectivity index (χ0) is 14.9. The van der Waals surface area contributed by atoms with Crippen molar-refractivity contribution in [1.29, 1.82) is 0 Å². The summed E-state index contributed by atoms with van der Waals surface area (Å²) in [6.07, 6.45) is 2.60. The molecule has 0 aliphatic heterocycles. The SMILES string of the molecule is Cc1ccc2nc(C(=O)NCCS(C)(=O)=O)c(F)n2c1. The van der Waals surface area contributed by atoms with Crippen LogP contribution in [-0.4, -0.2) is 42.3 Å². The van der Waals surface area contributed by atoms with Crippen LogP contribution in [0.1, 0.15) is 16.1 Å². The van der Waals surface area contributed by atoms with Gasteiger partial charge in [0, 0.05) is 19.0 Å². The average molecular weight is 299 g/mol. The van der Waals surface area contributed by atoms with Crippen LogP contribution >= 0.6 is 0 Å². The van der Waals surface area contributed by atoms with Crippen LogP contribution in [0.2, 0.25) is 0 Å². The largest absolute Gasteiger partial charge is 0.350 e. The van der Waals surface area contributed by atoms with Gasteiger partial charge < -0.3 is 5.32 Å². The number of aromatic nitrogens is 2. The summed E-state index contributed by atoms with van der Waals surface area (Å²) in [7, 11) is -3.18. The zero-order valence-electron chi connectivity index (χ0n) is 11.1. The fraction of sp³-hybridized carbons (Fsp3) is 0.333. The van der Waals surface area contributed by atoms with Crippen LogP contribution in [-0.2, 0) is 9.84 Å². The zero-order valence-corrected chi connectivity index (χ0v) is 11.9. The summed E-state index contributed by atoms with van der Waals surface area (Å²) in [5.74, 6) is -1.69. The summed E-state index contributed by atoms with van der Waals surface area (Å²) in [4.78, 5) is 15.7. The third-order valence-electron chi connectivity index (χ3n) is 2.68. The van der Waals surface area contributed by atoms with E-state index in [0.717, 1.165) is 11.8 Å². The van der Waals surface area contributed by atoms with E-state index in [0.29, 0.717) is 5.65 Å². The number of hydrogen-bond acceptors (Lipinski definition) is 4. The number of nitrogens with zero attached hydrogens (tertiary/aromatic N) is 2. The molecule has 2 heterocycles. The van der Waals surface area contributed by atoms with Crippen LogP contribution in [0.15, 0.2) is 18.3 Å². The number of aryl methyl sites for hydroxylation is 1. The lowest BCUT2D eigenvalue weighted by Gasteiger charge is -2.01. The average Bonchev–Trinajstić information content (AvgIpc) is 2.65. The number of halogens is 1. The summed E-state index contributed by atoms with van der Waals surface area (Å²) in [6, 6.07) is 3.36. The predicted molar refractivity (Wildman–Crippen MR) is 71.9 cm³/mol. The molecule has 0 aliphatic carbocycles. The highest BCUT2D eigenvalue weighted by Gasteiger charge is 2.19. The van der Waals surface area contributed by atoms with Crippen LogP contribution < -0.4 is 5.32 Å². The lowest BCUT2D eigenvalue weighted by molar-refractivity contribution is 0.0947. The molecule has 0 radical (unpaired) electrons. The smallest absolute Gasteiger partial charge is 0.274 e. The number of fused-ring (bicyclic) bond motifs is 1. The molecule has 1 amide bonds. The number of hydrogen-bond donors (Lipinski definition) is 1. The van der Waals surface area contributed by atoms with Gasteiger partial charge >= 0.3 is 0 Å². The minimum absolute atomic E-state index is 0.0794. The predicted octanol–water partition coefficient (Wildman–Crippen LogP) is 0.556. The number of rotatable bonds is 4. The normalized spacial score (nSPS) is 11.8. The Morgan fingerprint density at radius 2 is 2.15 bits per heavy atom. The van der Waals surface area contributed by atoms with Crippen molar-refractivity contribution in [3.63, 3.8) is 0 Å². The van der Waals surface area contributed by atoms with Gasteiger partial charge in [-0.3, -0.25) is 9.20 Å². The number of carbonyl (C=O) groups excluding carboxylic acids is 1. The van der Waals surface area contributed by atoms with Crippen molar-refractivity contribution in [3.8, 4) is 0 Å². The maximum atomic E-state index is 14.0. The van der Waals surface area contributed by atoms with Gasteiger partial charge in [0.15, 0.2) is 5.69 Å². The van der Waals surface area contributed by atoms with E-state index in [2.05, 4.69) is 10.3 Å². The first kappa shape index (κ1) is 14.4. The van der Waals surface area contributed by atoms with Gasteiger partial charge in [0.25, 0.3) is 5.91 Å². The minimum Gasteiger partial charge on any atom is -0.350 e. The number of carbonyl (C=O) groups is 1. The standard InChI is InChI=1S/C12H14FN3O3S/c1-8-3-4-9-15-10(11(13)16(9)7-8)12(17)14-5-6-20(2,18)19/h3-4,7H,5-6H2,1-2H3,(H,14,17). The molecule has 108 valence electrons. The number of sulfone groups is 1. The Labute approximate surface area is 115 Å². The van der Waals surface area contributed by atoms with Gasteiger partial charge in [0.2, 0.25) is 5.95 Å². The molecule has 0 aromatic carbocycles. The molecule has 2 aromatic rings. The highest BCUT2D eigenvalue weighted by Crippen LogP contribution is 2.12. The lowest BCUT2D eigenvalue weighted by atomic mass is 10.3. The number of amides is 1. The Morgan fingerprint density at radius 1 is 1.45 bits per heavy atom. The molecule has 6 nitrogen and oxygen atoms in total. The van der Waals surface area contributed by atoms with Gasteiger partial charge in [-0.05, 0) is 18.6 Å². The van der Waals surface area contributed by atoms with Gasteiger partial charge in [-0.2, -0.15) is 4.39 Å². The minimum atomic E-state index is -3.18. The highest BCUT2D eigenvalue weighted by atomic mass is 32.2. The van der Waals surface area contributed by atoms with Crippen molar-refractivity contribution in [2.75, 3.05) is 18.6 Å². The third kappa shape index (κ3) is 3.13. The maximum absolute atomic E-state index is 14.0. The second-order valence-corrected chi connectivity index (χ2v) is 6.83. The Bertz CT molecular complexity index is 768. The second kappa shape index (κ2) is 5.20. The van der Waals surface area contributed by atoms with Gasteiger partial charge in [-0.1, -0.05) is 6.07 Å². The molecule has 2 aromatic heterocycles. The van der Waals surface area contributed by atoms with Crippen LogP contribution in [0.25, 0.3) is 5.65 Å². The fourth-order valence-electron chi connectivity index (χ4n) is 1.70. The van der Waals surface area contributed by atoms with Gasteiger partial charge in [0.1, 0.15) is 15.5 Å². The van der Waals surface area contributed by atoms with Crippen LogP contribution in [0.4, 0.5) is 4.39 Å². The van der Waals surface area contributed by atoms with E-state index < -0.39 is 21.7 Å². The van der Waals surface area contributed by atoms with Crippen molar-refractivity contribution in [2.24, 2.45) is 0 Å². The molecule has 0 saturated carbocycles. The number of pyridine rings is 1. The van der Waals surface area contributed by atoms with Gasteiger partial charge in [0.05, 0.1) is 5.75 Å². The molecule has 0 spiro atoms. The van der Waals surface area contributed by atoms with Crippen LogP contribution in [0.3, 0.4) is 0 Å². The molecular formula is C12H14FN3O3S. The van der Waals surface area contributed by atoms with Crippen molar-refractivity contribution in [3.05, 3.63) is 35.5 Å². The Morgan fingerprint density at radius 3 is 2.80 bits per heavy atom. The molecule has 0 unspecified atom stereocenters. The Kier molecular flexibility index (Phi) is 3.76. The fourth-order valence-corrected chi connectivity index (χ4v) is 2.17. The molecule has 0 atom stereocenters. The maximum Gasteiger partial charge on any atom is 0.274 e. The molecule has 0 bridgehead atoms. The van der Waals surface area contributed by atoms with Gasteiger partial charge in [-0.25, -0.2) is 13.4 Å². The molecule has 0 fully saturated rings. The molecule has 0 saturated heterocycles. The van der Waals surface area contributed by atoms with Crippen molar-refractivity contribution in [2.45, 2.75) is 6.92 Å². The first-order chi connectivity index (χ1) is 9.28. The summed E-state index contributed by atoms with van der Waals surface area (Å²) in [5.41, 5.74) is 0.809. The van der Waals surface area contributed by atoms with Crippen LogP contribution in [0, 0.1) is 12.9 Å². The first-order valence-corrected chi connectivity index (χ1v) is 7.94. The van der Waals surface area contributed by atoms with E-state index >= 15 is 0 Å². The van der Waals surface area contributed by atoms with Crippen molar-refractivity contribution < 1.29 is 17.6 Å². The molecule has 0 aliphatic rings. The van der Waals surface area contributed by atoms with E-state index in [-0.39, 0.29) is 18.0 Å². The summed E-state index contributed by atoms with van der Waals surface area (Å²) < 4.78 is 37.1. The number of imidazole rings is 1. The molecular weight excluding hydrogens is 285 g/mol. The van der Waals surface area contributed by atoms with Gasteiger partial charge in [-0.15, -0.1) is 0 Å². The summed E-state index contributed by atoms with van der Waals surface area (Å²) in [5, 5.41) is 2.34. The molecule has 20 heavy (non-hydrogen) atoms.